The number of carboxylic acid groups (broad SMARTS) is 1. The molecule has 3 rings (SSSR count). The summed E-state index contributed by atoms with van der Waals surface area (Å²) < 4.78 is 0. The molecule has 1 heterocycles. The normalized spacial score (nSPS) is 26.5. The van der Waals surface area contributed by atoms with E-state index in [-0.39, 0.29) is 0 Å². The summed E-state index contributed by atoms with van der Waals surface area (Å²) in [7, 11) is 2.07. The maximum Gasteiger partial charge on any atom is 0.347 e. The first-order valence-electron chi connectivity index (χ1n) is 7.53. The van der Waals surface area contributed by atoms with Gasteiger partial charge in [0, 0.05) is 19.0 Å². The highest BCUT2D eigenvalue weighted by molar-refractivity contribution is 7.17. The van der Waals surface area contributed by atoms with Gasteiger partial charge in [-0.25, -0.2) is 9.78 Å². The molecule has 0 aromatic carbocycles. The smallest absolute Gasteiger partial charge is 0.347 e. The molecule has 0 saturated heterocycles. The van der Waals surface area contributed by atoms with Crippen LogP contribution in [0.15, 0.2) is 0 Å². The van der Waals surface area contributed by atoms with E-state index >= 15 is 0 Å². The highest BCUT2D eigenvalue weighted by Crippen LogP contribution is 2.44. The quantitative estimate of drug-likeness (QED) is 0.919. The van der Waals surface area contributed by atoms with E-state index in [0.717, 1.165) is 29.6 Å². The van der Waals surface area contributed by atoms with E-state index in [1.807, 2.05) is 0 Å². The number of hydrogen-bond acceptors (Lipinski definition) is 4. The topological polar surface area (TPSA) is 53.4 Å². The monoisotopic (exact) mass is 294 g/mol. The molecule has 110 valence electrons. The summed E-state index contributed by atoms with van der Waals surface area (Å²) in [6.07, 6.45) is 7.10. The van der Waals surface area contributed by atoms with Crippen LogP contribution < -0.4 is 4.90 Å². The molecule has 0 bridgehead atoms. The Kier molecular flexibility index (Phi) is 3.71. The zero-order chi connectivity index (χ0) is 14.3. The summed E-state index contributed by atoms with van der Waals surface area (Å²) >= 11 is 1.35. The SMILES string of the molecule is CC1CCC(N(C)c2nc(C3CC3)c(C(=O)O)s2)CC1. The summed E-state index contributed by atoms with van der Waals surface area (Å²) in [5, 5.41) is 10.2. The standard InChI is InChI=1S/C15H22N2O2S/c1-9-3-7-11(8-4-9)17(2)15-16-12(10-5-6-10)13(20-15)14(18)19/h9-11H,3-8H2,1-2H3,(H,18,19). The van der Waals surface area contributed by atoms with Crippen LogP contribution in [-0.4, -0.2) is 29.1 Å². The first-order valence-corrected chi connectivity index (χ1v) is 8.34. The van der Waals surface area contributed by atoms with E-state index in [9.17, 15) is 9.90 Å². The van der Waals surface area contributed by atoms with Crippen molar-refractivity contribution in [3.63, 3.8) is 0 Å². The van der Waals surface area contributed by atoms with Crippen LogP contribution in [0.2, 0.25) is 0 Å². The number of rotatable bonds is 4. The molecular weight excluding hydrogens is 272 g/mol. The van der Waals surface area contributed by atoms with Crippen LogP contribution in [0.4, 0.5) is 5.13 Å². The molecular formula is C15H22N2O2S. The predicted molar refractivity (Wildman–Crippen MR) is 80.9 cm³/mol. The number of anilines is 1. The molecule has 0 radical (unpaired) electrons. The molecule has 0 atom stereocenters. The van der Waals surface area contributed by atoms with Gasteiger partial charge in [0.1, 0.15) is 4.88 Å². The van der Waals surface area contributed by atoms with E-state index in [2.05, 4.69) is 23.9 Å². The second kappa shape index (κ2) is 5.35. The minimum atomic E-state index is -0.818. The first kappa shape index (κ1) is 13.9. The van der Waals surface area contributed by atoms with Gasteiger partial charge in [-0.3, -0.25) is 0 Å². The average Bonchev–Trinajstić information content (AvgIpc) is 3.17. The second-order valence-electron chi connectivity index (χ2n) is 6.31. The Balaban J connectivity index is 1.79. The number of aromatic nitrogens is 1. The zero-order valence-corrected chi connectivity index (χ0v) is 12.9. The minimum absolute atomic E-state index is 0.394. The van der Waals surface area contributed by atoms with Gasteiger partial charge in [0.15, 0.2) is 5.13 Å². The van der Waals surface area contributed by atoms with Gasteiger partial charge in [0.05, 0.1) is 5.69 Å². The lowest BCUT2D eigenvalue weighted by atomic mass is 9.87. The molecule has 0 unspecified atom stereocenters. The summed E-state index contributed by atoms with van der Waals surface area (Å²) in [6, 6.07) is 0.519. The highest BCUT2D eigenvalue weighted by atomic mass is 32.1. The van der Waals surface area contributed by atoms with Gasteiger partial charge < -0.3 is 10.0 Å². The Hall–Kier alpha value is -1.10. The highest BCUT2D eigenvalue weighted by Gasteiger charge is 2.33. The fraction of sp³-hybridized carbons (Fsp3) is 0.733. The largest absolute Gasteiger partial charge is 0.477 e. The second-order valence-corrected chi connectivity index (χ2v) is 7.29. The maximum absolute atomic E-state index is 11.4. The summed E-state index contributed by atoms with van der Waals surface area (Å²) in [6.45, 7) is 2.31. The number of thiazole rings is 1. The third-order valence-corrected chi connectivity index (χ3v) is 5.78. The lowest BCUT2D eigenvalue weighted by Crippen LogP contribution is -2.34. The van der Waals surface area contributed by atoms with Crippen LogP contribution in [0.5, 0.6) is 0 Å². The molecule has 5 heteroatoms. The van der Waals surface area contributed by atoms with Crippen molar-refractivity contribution >= 4 is 22.4 Å². The van der Waals surface area contributed by atoms with E-state index in [0.29, 0.717) is 16.8 Å². The van der Waals surface area contributed by atoms with Gasteiger partial charge in [0.25, 0.3) is 0 Å². The molecule has 2 saturated carbocycles. The van der Waals surface area contributed by atoms with E-state index in [1.54, 1.807) is 0 Å². The third kappa shape index (κ3) is 2.68. The molecule has 0 spiro atoms. The lowest BCUT2D eigenvalue weighted by Gasteiger charge is -2.33. The number of hydrogen-bond donors (Lipinski definition) is 1. The Morgan fingerprint density at radius 2 is 1.90 bits per heavy atom. The molecule has 2 aliphatic rings. The number of aromatic carboxylic acids is 1. The fourth-order valence-electron chi connectivity index (χ4n) is 3.04. The molecule has 0 amide bonds. The van der Waals surface area contributed by atoms with Gasteiger partial charge in [-0.2, -0.15) is 0 Å². The third-order valence-electron chi connectivity index (χ3n) is 4.64. The summed E-state index contributed by atoms with van der Waals surface area (Å²) in [5.41, 5.74) is 0.827. The molecule has 4 nitrogen and oxygen atoms in total. The van der Waals surface area contributed by atoms with Crippen LogP contribution in [0, 0.1) is 5.92 Å². The molecule has 1 N–H and O–H groups in total. The fourth-order valence-corrected chi connectivity index (χ4v) is 4.07. The maximum atomic E-state index is 11.4. The van der Waals surface area contributed by atoms with Crippen molar-refractivity contribution in [3.8, 4) is 0 Å². The molecule has 2 aliphatic carbocycles. The Bertz CT molecular complexity index is 502. The molecule has 20 heavy (non-hydrogen) atoms. The Morgan fingerprint density at radius 3 is 2.45 bits per heavy atom. The van der Waals surface area contributed by atoms with Crippen molar-refractivity contribution in [2.45, 2.75) is 57.4 Å². The van der Waals surface area contributed by atoms with Crippen molar-refractivity contribution in [3.05, 3.63) is 10.6 Å². The van der Waals surface area contributed by atoms with Gasteiger partial charge >= 0.3 is 5.97 Å². The van der Waals surface area contributed by atoms with Crippen molar-refractivity contribution in [1.82, 2.24) is 4.98 Å². The molecule has 2 fully saturated rings. The van der Waals surface area contributed by atoms with Crippen molar-refractivity contribution in [2.24, 2.45) is 5.92 Å². The summed E-state index contributed by atoms with van der Waals surface area (Å²) in [4.78, 5) is 18.7. The minimum Gasteiger partial charge on any atom is -0.477 e. The average molecular weight is 294 g/mol. The van der Waals surface area contributed by atoms with Gasteiger partial charge in [-0.15, -0.1) is 0 Å². The van der Waals surface area contributed by atoms with Crippen molar-refractivity contribution in [2.75, 3.05) is 11.9 Å². The van der Waals surface area contributed by atoms with Crippen LogP contribution in [-0.2, 0) is 0 Å². The molecule has 1 aromatic rings. The summed E-state index contributed by atoms with van der Waals surface area (Å²) in [5.74, 6) is 0.403. The van der Waals surface area contributed by atoms with Gasteiger partial charge in [0.2, 0.25) is 0 Å². The van der Waals surface area contributed by atoms with Crippen molar-refractivity contribution in [1.29, 1.82) is 0 Å². The Morgan fingerprint density at radius 1 is 1.25 bits per heavy atom. The molecule has 0 aliphatic heterocycles. The van der Waals surface area contributed by atoms with Crippen LogP contribution in [0.3, 0.4) is 0 Å². The number of nitrogens with zero attached hydrogens (tertiary/aromatic N) is 2. The number of carbonyl (C=O) groups is 1. The van der Waals surface area contributed by atoms with Crippen molar-refractivity contribution < 1.29 is 9.90 Å². The first-order chi connectivity index (χ1) is 9.56. The number of carboxylic acids is 1. The van der Waals surface area contributed by atoms with Crippen LogP contribution >= 0.6 is 11.3 Å². The van der Waals surface area contributed by atoms with E-state index in [1.165, 1.54) is 37.0 Å². The molecule has 1 aromatic heterocycles. The zero-order valence-electron chi connectivity index (χ0n) is 12.1. The van der Waals surface area contributed by atoms with Crippen LogP contribution in [0.25, 0.3) is 0 Å². The van der Waals surface area contributed by atoms with Crippen LogP contribution in [0.1, 0.15) is 66.7 Å². The van der Waals surface area contributed by atoms with Gasteiger partial charge in [-0.05, 0) is 44.4 Å². The van der Waals surface area contributed by atoms with Gasteiger partial charge in [-0.1, -0.05) is 18.3 Å². The van der Waals surface area contributed by atoms with E-state index in [4.69, 9.17) is 0 Å². The lowest BCUT2D eigenvalue weighted by molar-refractivity contribution is 0.0700. The Labute approximate surface area is 123 Å². The van der Waals surface area contributed by atoms with E-state index < -0.39 is 5.97 Å². The predicted octanol–water partition coefficient (Wildman–Crippen LogP) is 3.73.